The van der Waals surface area contributed by atoms with Gasteiger partial charge in [0.15, 0.2) is 6.17 Å². The van der Waals surface area contributed by atoms with Crippen LogP contribution >= 0.6 is 0 Å². The minimum absolute atomic E-state index is 0.473. The molecule has 4 heteroatoms. The fourth-order valence-corrected chi connectivity index (χ4v) is 0.219. The molecule has 9 heavy (non-hydrogen) atoms. The van der Waals surface area contributed by atoms with Gasteiger partial charge in [0.05, 0.1) is 0 Å². The second kappa shape index (κ2) is 3.88. The van der Waals surface area contributed by atoms with Gasteiger partial charge in [0.1, 0.15) is 6.61 Å². The molecule has 0 aromatic heterocycles. The molecule has 1 unspecified atom stereocenters. The number of carbonyl (C=O) groups is 1. The molecule has 0 amide bonds. The summed E-state index contributed by atoms with van der Waals surface area (Å²) in [4.78, 5) is 9.60. The van der Waals surface area contributed by atoms with E-state index in [1.807, 2.05) is 0 Å². The van der Waals surface area contributed by atoms with Crippen LogP contribution < -0.4 is 0 Å². The fourth-order valence-electron chi connectivity index (χ4n) is 0.219. The lowest BCUT2D eigenvalue weighted by Crippen LogP contribution is -2.10. The Morgan fingerprint density at radius 1 is 2.00 bits per heavy atom. The molecule has 52 valence electrons. The van der Waals surface area contributed by atoms with E-state index in [2.05, 4.69) is 11.3 Å². The highest BCUT2D eigenvalue weighted by molar-refractivity contribution is 5.56. The summed E-state index contributed by atoms with van der Waals surface area (Å²) >= 11 is 0. The van der Waals surface area contributed by atoms with Crippen LogP contribution in [0.5, 0.6) is 0 Å². The number of hydrogen-bond acceptors (Lipinski definition) is 2. The number of carboxylic acid groups (broad SMARTS) is 1. The first-order valence-electron chi connectivity index (χ1n) is 2.29. The second-order valence-corrected chi connectivity index (χ2v) is 1.33. The second-order valence-electron chi connectivity index (χ2n) is 1.33. The summed E-state index contributed by atoms with van der Waals surface area (Å²) in [5, 5.41) is 7.83. The predicted octanol–water partition coefficient (Wildman–Crippen LogP) is 1.21. The minimum Gasteiger partial charge on any atom is -0.450 e. The standard InChI is InChI=1S/C5H7FO3/c1-2-4(6)3-9-5(7)8/h2,4H,1,3H2,(H,7,8). The molecular weight excluding hydrogens is 127 g/mol. The lowest BCUT2D eigenvalue weighted by molar-refractivity contribution is 0.0760. The van der Waals surface area contributed by atoms with Crippen molar-refractivity contribution in [2.45, 2.75) is 6.17 Å². The topological polar surface area (TPSA) is 46.5 Å². The van der Waals surface area contributed by atoms with Gasteiger partial charge in [-0.1, -0.05) is 6.08 Å². The normalized spacial score (nSPS) is 12.1. The van der Waals surface area contributed by atoms with Crippen molar-refractivity contribution in [2.24, 2.45) is 0 Å². The van der Waals surface area contributed by atoms with Gasteiger partial charge < -0.3 is 9.84 Å². The molecule has 0 radical (unpaired) electrons. The molecule has 1 atom stereocenters. The SMILES string of the molecule is C=CC(F)COC(=O)O. The van der Waals surface area contributed by atoms with E-state index < -0.39 is 18.9 Å². The van der Waals surface area contributed by atoms with Crippen molar-refractivity contribution in [2.75, 3.05) is 6.61 Å². The molecule has 0 bridgehead atoms. The molecule has 0 aromatic carbocycles. The molecule has 0 heterocycles. The highest BCUT2D eigenvalue weighted by atomic mass is 19.1. The van der Waals surface area contributed by atoms with Crippen LogP contribution in [0.2, 0.25) is 0 Å². The van der Waals surface area contributed by atoms with Crippen molar-refractivity contribution < 1.29 is 19.0 Å². The Morgan fingerprint density at radius 3 is 2.89 bits per heavy atom. The summed E-state index contributed by atoms with van der Waals surface area (Å²) in [7, 11) is 0. The third-order valence-corrected chi connectivity index (χ3v) is 0.622. The zero-order chi connectivity index (χ0) is 7.28. The monoisotopic (exact) mass is 134 g/mol. The maximum atomic E-state index is 12.0. The van der Waals surface area contributed by atoms with Gasteiger partial charge in [0.2, 0.25) is 0 Å². The molecular formula is C5H7FO3. The first-order chi connectivity index (χ1) is 4.16. The third-order valence-electron chi connectivity index (χ3n) is 0.622. The summed E-state index contributed by atoms with van der Waals surface area (Å²) in [6.45, 7) is 2.62. The highest BCUT2D eigenvalue weighted by Crippen LogP contribution is 1.91. The van der Waals surface area contributed by atoms with Gasteiger partial charge in [0.25, 0.3) is 0 Å². The van der Waals surface area contributed by atoms with Crippen LogP contribution in [-0.2, 0) is 4.74 Å². The van der Waals surface area contributed by atoms with E-state index >= 15 is 0 Å². The average Bonchev–Trinajstić information content (AvgIpc) is 1.83. The van der Waals surface area contributed by atoms with Gasteiger partial charge in [-0.2, -0.15) is 0 Å². The van der Waals surface area contributed by atoms with Gasteiger partial charge in [-0.15, -0.1) is 6.58 Å². The van der Waals surface area contributed by atoms with Crippen molar-refractivity contribution in [3.8, 4) is 0 Å². The molecule has 0 aliphatic carbocycles. The minimum atomic E-state index is -1.47. The maximum absolute atomic E-state index is 12.0. The lowest BCUT2D eigenvalue weighted by atomic mass is 10.4. The number of rotatable bonds is 3. The summed E-state index contributed by atoms with van der Waals surface area (Å²) < 4.78 is 15.9. The number of hydrogen-bond donors (Lipinski definition) is 1. The van der Waals surface area contributed by atoms with Crippen molar-refractivity contribution in [1.29, 1.82) is 0 Å². The Bertz CT molecular complexity index is 113. The Morgan fingerprint density at radius 2 is 2.56 bits per heavy atom. The van der Waals surface area contributed by atoms with Crippen LogP contribution in [-0.4, -0.2) is 24.0 Å². The predicted molar refractivity (Wildman–Crippen MR) is 29.1 cm³/mol. The third kappa shape index (κ3) is 4.80. The smallest absolute Gasteiger partial charge is 0.450 e. The average molecular weight is 134 g/mol. The van der Waals surface area contributed by atoms with E-state index in [-0.39, 0.29) is 0 Å². The lowest BCUT2D eigenvalue weighted by Gasteiger charge is -1.99. The van der Waals surface area contributed by atoms with Gasteiger partial charge in [-0.25, -0.2) is 9.18 Å². The van der Waals surface area contributed by atoms with Crippen molar-refractivity contribution in [1.82, 2.24) is 0 Å². The Hall–Kier alpha value is -1.06. The van der Waals surface area contributed by atoms with Crippen LogP contribution in [0.4, 0.5) is 9.18 Å². The molecule has 0 saturated carbocycles. The number of alkyl halides is 1. The van der Waals surface area contributed by atoms with E-state index in [1.165, 1.54) is 0 Å². The summed E-state index contributed by atoms with van der Waals surface area (Å²) in [5.41, 5.74) is 0. The fraction of sp³-hybridized carbons (Fsp3) is 0.400. The van der Waals surface area contributed by atoms with Crippen LogP contribution in [0.1, 0.15) is 0 Å². The molecule has 0 fully saturated rings. The highest BCUT2D eigenvalue weighted by Gasteiger charge is 2.02. The van der Waals surface area contributed by atoms with Crippen LogP contribution in [0.25, 0.3) is 0 Å². The molecule has 3 nitrogen and oxygen atoms in total. The molecule has 0 aromatic rings. The molecule has 1 N–H and O–H groups in total. The van der Waals surface area contributed by atoms with Crippen LogP contribution in [0.15, 0.2) is 12.7 Å². The molecule has 0 spiro atoms. The van der Waals surface area contributed by atoms with E-state index in [9.17, 15) is 9.18 Å². The Labute approximate surface area is 51.7 Å². The van der Waals surface area contributed by atoms with Crippen molar-refractivity contribution in [3.05, 3.63) is 12.7 Å². The van der Waals surface area contributed by atoms with Gasteiger partial charge in [-0.05, 0) is 0 Å². The Balaban J connectivity index is 3.26. The first kappa shape index (κ1) is 7.94. The largest absolute Gasteiger partial charge is 0.505 e. The van der Waals surface area contributed by atoms with Crippen LogP contribution in [0.3, 0.4) is 0 Å². The molecule has 0 saturated heterocycles. The van der Waals surface area contributed by atoms with Crippen molar-refractivity contribution in [3.63, 3.8) is 0 Å². The first-order valence-corrected chi connectivity index (χ1v) is 2.29. The molecule has 0 aliphatic heterocycles. The maximum Gasteiger partial charge on any atom is 0.505 e. The molecule has 0 aliphatic rings. The van der Waals surface area contributed by atoms with E-state index in [1.54, 1.807) is 0 Å². The van der Waals surface area contributed by atoms with Crippen LogP contribution in [0, 0.1) is 0 Å². The zero-order valence-electron chi connectivity index (χ0n) is 4.71. The zero-order valence-corrected chi connectivity index (χ0v) is 4.71. The molecule has 0 rings (SSSR count). The number of ether oxygens (including phenoxy) is 1. The summed E-state index contributed by atoms with van der Waals surface area (Å²) in [5.74, 6) is 0. The van der Waals surface area contributed by atoms with Gasteiger partial charge in [0, 0.05) is 0 Å². The van der Waals surface area contributed by atoms with E-state index in [4.69, 9.17) is 5.11 Å². The van der Waals surface area contributed by atoms with Crippen molar-refractivity contribution >= 4 is 6.16 Å². The Kier molecular flexibility index (Phi) is 3.43. The van der Waals surface area contributed by atoms with Gasteiger partial charge in [-0.3, -0.25) is 0 Å². The quantitative estimate of drug-likeness (QED) is 0.466. The van der Waals surface area contributed by atoms with E-state index in [0.29, 0.717) is 0 Å². The summed E-state index contributed by atoms with van der Waals surface area (Å²) in [6, 6.07) is 0. The summed E-state index contributed by atoms with van der Waals surface area (Å²) in [6.07, 6.45) is -1.90. The van der Waals surface area contributed by atoms with E-state index in [0.717, 1.165) is 6.08 Å². The number of halogens is 1. The van der Waals surface area contributed by atoms with Gasteiger partial charge >= 0.3 is 6.16 Å².